The van der Waals surface area contributed by atoms with E-state index in [-0.39, 0.29) is 5.41 Å². The molecule has 15 heavy (non-hydrogen) atoms. The van der Waals surface area contributed by atoms with Gasteiger partial charge in [0.2, 0.25) is 0 Å². The predicted octanol–water partition coefficient (Wildman–Crippen LogP) is 0.339. The zero-order valence-corrected chi connectivity index (χ0v) is 9.51. The molecule has 1 saturated heterocycles. The Morgan fingerprint density at radius 1 is 1.47 bits per heavy atom. The maximum Gasteiger partial charge on any atom is 0.103 e. The highest BCUT2D eigenvalue weighted by molar-refractivity contribution is 5.38. The Morgan fingerprint density at radius 3 is 2.80 bits per heavy atom. The fourth-order valence-corrected chi connectivity index (χ4v) is 2.90. The van der Waals surface area contributed by atoms with Crippen molar-refractivity contribution < 1.29 is 0 Å². The van der Waals surface area contributed by atoms with Crippen LogP contribution < -0.4 is 10.7 Å². The van der Waals surface area contributed by atoms with Crippen LogP contribution in [0.2, 0.25) is 0 Å². The van der Waals surface area contributed by atoms with Crippen LogP contribution in [0.4, 0.5) is 0 Å². The Bertz CT molecular complexity index is 325. The molecule has 0 radical (unpaired) electrons. The maximum absolute atomic E-state index is 3.63. The van der Waals surface area contributed by atoms with Gasteiger partial charge < -0.3 is 5.32 Å². The molecule has 1 saturated carbocycles. The number of nitrogens with one attached hydrogen (secondary N) is 2. The third kappa shape index (κ3) is 1.40. The van der Waals surface area contributed by atoms with E-state index >= 15 is 0 Å². The average Bonchev–Trinajstić information content (AvgIpc) is 2.98. The van der Waals surface area contributed by atoms with E-state index in [9.17, 15) is 0 Å². The van der Waals surface area contributed by atoms with Gasteiger partial charge in [-0.15, -0.1) is 0 Å². The highest BCUT2D eigenvalue weighted by Gasteiger charge is 2.53. The number of hydrogen-bond donors (Lipinski definition) is 2. The van der Waals surface area contributed by atoms with Crippen LogP contribution in [0.5, 0.6) is 0 Å². The van der Waals surface area contributed by atoms with Crippen molar-refractivity contribution in [3.05, 3.63) is 0 Å². The topological polar surface area (TPSA) is 27.3 Å². The van der Waals surface area contributed by atoms with Crippen molar-refractivity contribution in [3.63, 3.8) is 0 Å². The summed E-state index contributed by atoms with van der Waals surface area (Å²) >= 11 is 0. The first-order valence-electron chi connectivity index (χ1n) is 5.97. The zero-order chi connectivity index (χ0) is 10.5. The summed E-state index contributed by atoms with van der Waals surface area (Å²) in [5.74, 6) is 6.70. The highest BCUT2D eigenvalue weighted by atomic mass is 15.5. The second-order valence-corrected chi connectivity index (χ2v) is 5.17. The smallest absolute Gasteiger partial charge is 0.103 e. The van der Waals surface area contributed by atoms with E-state index < -0.39 is 0 Å². The molecule has 0 unspecified atom stereocenters. The first-order chi connectivity index (χ1) is 7.25. The molecule has 3 rings (SSSR count). The molecule has 1 aliphatic heterocycles. The summed E-state index contributed by atoms with van der Waals surface area (Å²) in [6.07, 6.45) is 3.92. The van der Waals surface area contributed by atoms with Gasteiger partial charge in [-0.25, -0.2) is 5.01 Å². The lowest BCUT2D eigenvalue weighted by atomic mass is 9.74. The van der Waals surface area contributed by atoms with Crippen molar-refractivity contribution in [2.75, 3.05) is 13.6 Å². The minimum absolute atomic E-state index is 0.241. The molecule has 0 aromatic heterocycles. The molecule has 1 heterocycles. The lowest BCUT2D eigenvalue weighted by Gasteiger charge is -2.36. The van der Waals surface area contributed by atoms with Crippen LogP contribution in [-0.4, -0.2) is 36.7 Å². The molecular formula is C12H19N3. The van der Waals surface area contributed by atoms with Gasteiger partial charge in [-0.3, -0.25) is 5.43 Å². The molecule has 3 nitrogen and oxygen atoms in total. The SMILES string of the molecule is CNN1[C@H](C)C[C@@]2(CNC3CC3)C#C[C@@H]12. The Kier molecular flexibility index (Phi) is 2.07. The standard InChI is InChI=1S/C12H19N3/c1-9-7-12(8-14-10-3-4-10)6-5-11(12)15(9)13-2/h9-11,13-14H,3-4,7-8H2,1-2H3/t9-,11-,12-/m1/s1. The number of hydrogen-bond acceptors (Lipinski definition) is 3. The van der Waals surface area contributed by atoms with E-state index in [4.69, 9.17) is 0 Å². The summed E-state index contributed by atoms with van der Waals surface area (Å²) in [5, 5.41) is 5.94. The molecular weight excluding hydrogens is 186 g/mol. The van der Waals surface area contributed by atoms with Gasteiger partial charge in [-0.2, -0.15) is 0 Å². The van der Waals surface area contributed by atoms with E-state index in [0.717, 1.165) is 12.6 Å². The van der Waals surface area contributed by atoms with Crippen molar-refractivity contribution in [2.24, 2.45) is 5.41 Å². The van der Waals surface area contributed by atoms with Gasteiger partial charge in [0.1, 0.15) is 6.04 Å². The Balaban J connectivity index is 1.68. The summed E-state index contributed by atoms with van der Waals surface area (Å²) in [5.41, 5.74) is 3.52. The van der Waals surface area contributed by atoms with Gasteiger partial charge in [-0.1, -0.05) is 11.8 Å². The molecule has 0 aromatic rings. The lowest BCUT2D eigenvalue weighted by molar-refractivity contribution is 0.143. The van der Waals surface area contributed by atoms with Crippen LogP contribution >= 0.6 is 0 Å². The van der Waals surface area contributed by atoms with Gasteiger partial charge in [-0.05, 0) is 33.2 Å². The van der Waals surface area contributed by atoms with Crippen LogP contribution in [-0.2, 0) is 0 Å². The molecule has 3 aliphatic rings. The van der Waals surface area contributed by atoms with Gasteiger partial charge in [0.05, 0.1) is 5.41 Å². The van der Waals surface area contributed by atoms with Crippen molar-refractivity contribution in [1.82, 2.24) is 15.8 Å². The molecule has 0 spiro atoms. The van der Waals surface area contributed by atoms with E-state index in [0.29, 0.717) is 12.1 Å². The first kappa shape index (κ1) is 9.65. The van der Waals surface area contributed by atoms with E-state index in [1.807, 2.05) is 7.05 Å². The van der Waals surface area contributed by atoms with Crippen LogP contribution in [0.1, 0.15) is 26.2 Å². The highest BCUT2D eigenvalue weighted by Crippen LogP contribution is 2.43. The van der Waals surface area contributed by atoms with Crippen molar-refractivity contribution in [2.45, 2.75) is 44.3 Å². The molecule has 2 aliphatic carbocycles. The van der Waals surface area contributed by atoms with Gasteiger partial charge in [0.25, 0.3) is 0 Å². The number of nitrogens with zero attached hydrogens (tertiary/aromatic N) is 1. The summed E-state index contributed by atoms with van der Waals surface area (Å²) in [7, 11) is 2.00. The number of rotatable bonds is 4. The fraction of sp³-hybridized carbons (Fsp3) is 0.833. The number of fused-ring (bicyclic) bond motifs is 1. The molecule has 3 atom stereocenters. The van der Waals surface area contributed by atoms with Crippen LogP contribution in [0.15, 0.2) is 0 Å². The third-order valence-corrected chi connectivity index (χ3v) is 3.94. The number of hydrazine groups is 1. The molecule has 2 fully saturated rings. The zero-order valence-electron chi connectivity index (χ0n) is 9.51. The lowest BCUT2D eigenvalue weighted by Crippen LogP contribution is -2.52. The van der Waals surface area contributed by atoms with E-state index in [1.165, 1.54) is 19.3 Å². The van der Waals surface area contributed by atoms with Crippen molar-refractivity contribution >= 4 is 0 Å². The molecule has 0 bridgehead atoms. The minimum Gasteiger partial charge on any atom is -0.312 e. The van der Waals surface area contributed by atoms with Crippen LogP contribution in [0, 0.1) is 17.3 Å². The first-order valence-corrected chi connectivity index (χ1v) is 5.97. The van der Waals surface area contributed by atoms with Gasteiger partial charge in [0, 0.05) is 18.6 Å². The molecule has 3 heteroatoms. The van der Waals surface area contributed by atoms with Crippen LogP contribution in [0.25, 0.3) is 0 Å². The Labute approximate surface area is 91.6 Å². The van der Waals surface area contributed by atoms with E-state index in [1.54, 1.807) is 0 Å². The maximum atomic E-state index is 3.63. The predicted molar refractivity (Wildman–Crippen MR) is 60.0 cm³/mol. The third-order valence-electron chi connectivity index (χ3n) is 3.94. The van der Waals surface area contributed by atoms with Crippen molar-refractivity contribution in [1.29, 1.82) is 0 Å². The van der Waals surface area contributed by atoms with Gasteiger partial charge in [0.15, 0.2) is 0 Å². The Hall–Kier alpha value is -0.560. The molecule has 2 N–H and O–H groups in total. The largest absolute Gasteiger partial charge is 0.312 e. The monoisotopic (exact) mass is 205 g/mol. The Morgan fingerprint density at radius 2 is 2.27 bits per heavy atom. The van der Waals surface area contributed by atoms with E-state index in [2.05, 4.69) is 34.5 Å². The summed E-state index contributed by atoms with van der Waals surface area (Å²) < 4.78 is 0. The fourth-order valence-electron chi connectivity index (χ4n) is 2.90. The molecule has 82 valence electrons. The second-order valence-electron chi connectivity index (χ2n) is 5.17. The summed E-state index contributed by atoms with van der Waals surface area (Å²) in [6, 6.07) is 1.81. The summed E-state index contributed by atoms with van der Waals surface area (Å²) in [6.45, 7) is 3.36. The second kappa shape index (κ2) is 3.21. The molecule has 0 aromatic carbocycles. The molecule has 0 amide bonds. The van der Waals surface area contributed by atoms with Crippen LogP contribution in [0.3, 0.4) is 0 Å². The van der Waals surface area contributed by atoms with Crippen molar-refractivity contribution in [3.8, 4) is 11.8 Å². The van der Waals surface area contributed by atoms with Gasteiger partial charge >= 0.3 is 0 Å². The average molecular weight is 205 g/mol. The summed E-state index contributed by atoms with van der Waals surface area (Å²) in [4.78, 5) is 0. The minimum atomic E-state index is 0.241. The normalized spacial score (nSPS) is 43.1. The quantitative estimate of drug-likeness (QED) is 0.648.